The maximum Gasteiger partial charge on any atom is 0.0725 e. The zero-order valence-corrected chi connectivity index (χ0v) is 15.5. The lowest BCUT2D eigenvalue weighted by atomic mass is 9.44. The first-order chi connectivity index (χ1) is 11.3. The van der Waals surface area contributed by atoms with E-state index < -0.39 is 5.60 Å². The van der Waals surface area contributed by atoms with Crippen LogP contribution >= 0.6 is 0 Å². The van der Waals surface area contributed by atoms with Gasteiger partial charge in [0.15, 0.2) is 0 Å². The molecule has 0 radical (unpaired) electrons. The van der Waals surface area contributed by atoms with Gasteiger partial charge in [0.2, 0.25) is 0 Å². The molecule has 0 bridgehead atoms. The summed E-state index contributed by atoms with van der Waals surface area (Å²) >= 11 is 0. The molecule has 3 nitrogen and oxygen atoms in total. The zero-order chi connectivity index (χ0) is 17.2. The van der Waals surface area contributed by atoms with Crippen LogP contribution < -0.4 is 0 Å². The van der Waals surface area contributed by atoms with Crippen LogP contribution in [0.2, 0.25) is 0 Å². The first-order valence-corrected chi connectivity index (χ1v) is 10.4. The van der Waals surface area contributed by atoms with Gasteiger partial charge in [0.1, 0.15) is 0 Å². The van der Waals surface area contributed by atoms with Crippen LogP contribution in [0.4, 0.5) is 0 Å². The molecule has 3 N–H and O–H groups in total. The Bertz CT molecular complexity index is 491. The molecule has 8 atom stereocenters. The summed E-state index contributed by atoms with van der Waals surface area (Å²) in [6.45, 7) is 4.93. The average molecular weight is 337 g/mol. The third-order valence-corrected chi connectivity index (χ3v) is 9.49. The SMILES string of the molecule is CC12CCC(O)CC1CCC1C2CCC2(C)C1CCC2(O)CCO. The fraction of sp³-hybridized carbons (Fsp3) is 1.00. The summed E-state index contributed by atoms with van der Waals surface area (Å²) in [6.07, 6.45) is 10.5. The summed E-state index contributed by atoms with van der Waals surface area (Å²) in [5.41, 5.74) is -0.257. The summed E-state index contributed by atoms with van der Waals surface area (Å²) in [6, 6.07) is 0. The van der Waals surface area contributed by atoms with E-state index in [0.717, 1.165) is 43.9 Å². The van der Waals surface area contributed by atoms with Gasteiger partial charge in [-0.2, -0.15) is 0 Å². The predicted octanol–water partition coefficient (Wildman–Crippen LogP) is 3.50. The number of hydrogen-bond acceptors (Lipinski definition) is 3. The van der Waals surface area contributed by atoms with Crippen molar-refractivity contribution in [2.24, 2.45) is 34.5 Å². The molecule has 0 aromatic carbocycles. The fourth-order valence-corrected chi connectivity index (χ4v) is 7.94. The molecule has 3 heteroatoms. The molecular formula is C21H36O3. The van der Waals surface area contributed by atoms with E-state index in [-0.39, 0.29) is 18.1 Å². The number of fused-ring (bicyclic) bond motifs is 5. The van der Waals surface area contributed by atoms with Crippen molar-refractivity contribution in [3.05, 3.63) is 0 Å². The lowest BCUT2D eigenvalue weighted by Crippen LogP contribution is -2.57. The van der Waals surface area contributed by atoms with Crippen molar-refractivity contribution in [1.82, 2.24) is 0 Å². The van der Waals surface area contributed by atoms with Crippen molar-refractivity contribution in [3.63, 3.8) is 0 Å². The maximum absolute atomic E-state index is 11.3. The molecule has 4 saturated carbocycles. The van der Waals surface area contributed by atoms with Gasteiger partial charge in [-0.3, -0.25) is 0 Å². The van der Waals surface area contributed by atoms with E-state index in [2.05, 4.69) is 13.8 Å². The first kappa shape index (κ1) is 17.3. The highest BCUT2D eigenvalue weighted by Gasteiger charge is 2.64. The molecule has 0 aromatic rings. The highest BCUT2D eigenvalue weighted by Crippen LogP contribution is 2.68. The van der Waals surface area contributed by atoms with E-state index in [4.69, 9.17) is 0 Å². The van der Waals surface area contributed by atoms with Gasteiger partial charge in [-0.1, -0.05) is 13.8 Å². The highest BCUT2D eigenvalue weighted by atomic mass is 16.3. The molecule has 4 rings (SSSR count). The lowest BCUT2D eigenvalue weighted by molar-refractivity contribution is -0.162. The second kappa shape index (κ2) is 5.69. The Morgan fingerprint density at radius 3 is 2.42 bits per heavy atom. The minimum atomic E-state index is -0.655. The van der Waals surface area contributed by atoms with Crippen molar-refractivity contribution in [1.29, 1.82) is 0 Å². The second-order valence-electron chi connectivity index (χ2n) is 10.1. The topological polar surface area (TPSA) is 60.7 Å². The van der Waals surface area contributed by atoms with Crippen LogP contribution in [-0.4, -0.2) is 33.6 Å². The van der Waals surface area contributed by atoms with Crippen LogP contribution in [0.3, 0.4) is 0 Å². The summed E-state index contributed by atoms with van der Waals surface area (Å²) in [7, 11) is 0. The normalized spacial score (nSPS) is 57.1. The predicted molar refractivity (Wildman–Crippen MR) is 94.4 cm³/mol. The third kappa shape index (κ3) is 2.20. The number of aliphatic hydroxyl groups is 3. The molecule has 138 valence electrons. The van der Waals surface area contributed by atoms with Crippen LogP contribution in [-0.2, 0) is 0 Å². The van der Waals surface area contributed by atoms with Crippen molar-refractivity contribution in [2.45, 2.75) is 89.8 Å². The molecule has 4 aliphatic rings. The van der Waals surface area contributed by atoms with Crippen molar-refractivity contribution in [3.8, 4) is 0 Å². The molecule has 0 aromatic heterocycles. The van der Waals surface area contributed by atoms with Gasteiger partial charge in [-0.05, 0) is 98.7 Å². The van der Waals surface area contributed by atoms with Gasteiger partial charge in [-0.15, -0.1) is 0 Å². The largest absolute Gasteiger partial charge is 0.396 e. The Kier molecular flexibility index (Phi) is 4.10. The van der Waals surface area contributed by atoms with Gasteiger partial charge in [-0.25, -0.2) is 0 Å². The van der Waals surface area contributed by atoms with Gasteiger partial charge in [0.25, 0.3) is 0 Å². The van der Waals surface area contributed by atoms with Gasteiger partial charge >= 0.3 is 0 Å². The monoisotopic (exact) mass is 336 g/mol. The van der Waals surface area contributed by atoms with Crippen LogP contribution in [0.5, 0.6) is 0 Å². The van der Waals surface area contributed by atoms with Crippen molar-refractivity contribution >= 4 is 0 Å². The quantitative estimate of drug-likeness (QED) is 0.723. The molecule has 0 amide bonds. The number of rotatable bonds is 2. The lowest BCUT2D eigenvalue weighted by Gasteiger charge is -2.61. The fourth-order valence-electron chi connectivity index (χ4n) is 7.94. The standard InChI is InChI=1S/C21H36O3/c1-19-8-5-15(23)13-14(19)3-4-16-17(19)6-9-20(2)18(16)7-10-21(20,24)11-12-22/h14-18,22-24H,3-13H2,1-2H3. The van der Waals surface area contributed by atoms with Crippen LogP contribution in [0.1, 0.15) is 78.1 Å². The second-order valence-corrected chi connectivity index (χ2v) is 10.1. The Hall–Kier alpha value is -0.120. The Morgan fingerprint density at radius 2 is 1.67 bits per heavy atom. The molecule has 0 heterocycles. The first-order valence-electron chi connectivity index (χ1n) is 10.4. The minimum absolute atomic E-state index is 0.00568. The maximum atomic E-state index is 11.3. The molecule has 0 aliphatic heterocycles. The molecule has 0 saturated heterocycles. The van der Waals surface area contributed by atoms with Gasteiger partial charge in [0, 0.05) is 6.61 Å². The highest BCUT2D eigenvalue weighted by molar-refractivity contribution is 5.13. The number of hydrogen-bond donors (Lipinski definition) is 3. The van der Waals surface area contributed by atoms with Gasteiger partial charge in [0.05, 0.1) is 11.7 Å². The molecular weight excluding hydrogens is 300 g/mol. The van der Waals surface area contributed by atoms with E-state index in [9.17, 15) is 15.3 Å². The molecule has 24 heavy (non-hydrogen) atoms. The van der Waals surface area contributed by atoms with Crippen molar-refractivity contribution < 1.29 is 15.3 Å². The molecule has 4 fully saturated rings. The van der Waals surface area contributed by atoms with Crippen LogP contribution in [0, 0.1) is 34.5 Å². The molecule has 4 aliphatic carbocycles. The van der Waals surface area contributed by atoms with Crippen LogP contribution in [0.15, 0.2) is 0 Å². The minimum Gasteiger partial charge on any atom is -0.396 e. The summed E-state index contributed by atoms with van der Waals surface area (Å²) in [5, 5.41) is 30.9. The van der Waals surface area contributed by atoms with Gasteiger partial charge < -0.3 is 15.3 Å². The van der Waals surface area contributed by atoms with E-state index in [1.54, 1.807) is 0 Å². The Labute approximate surface area is 146 Å². The Balaban J connectivity index is 1.61. The third-order valence-electron chi connectivity index (χ3n) is 9.49. The van der Waals surface area contributed by atoms with Crippen molar-refractivity contribution in [2.75, 3.05) is 6.61 Å². The van der Waals surface area contributed by atoms with E-state index in [1.165, 1.54) is 25.7 Å². The van der Waals surface area contributed by atoms with E-state index >= 15 is 0 Å². The van der Waals surface area contributed by atoms with Crippen LogP contribution in [0.25, 0.3) is 0 Å². The zero-order valence-electron chi connectivity index (χ0n) is 15.5. The van der Waals surface area contributed by atoms with E-state index in [0.29, 0.717) is 23.7 Å². The average Bonchev–Trinajstić information content (AvgIpc) is 2.80. The Morgan fingerprint density at radius 1 is 0.917 bits per heavy atom. The summed E-state index contributed by atoms with van der Waals surface area (Å²) < 4.78 is 0. The summed E-state index contributed by atoms with van der Waals surface area (Å²) in [5.74, 6) is 2.84. The summed E-state index contributed by atoms with van der Waals surface area (Å²) in [4.78, 5) is 0. The smallest absolute Gasteiger partial charge is 0.0725 e. The molecule has 0 spiro atoms. The number of aliphatic hydroxyl groups excluding tert-OH is 2. The molecule has 8 unspecified atom stereocenters. The van der Waals surface area contributed by atoms with E-state index in [1.807, 2.05) is 0 Å².